The summed E-state index contributed by atoms with van der Waals surface area (Å²) >= 11 is 2.40. The lowest BCUT2D eigenvalue weighted by Gasteiger charge is -2.37. The molecule has 396 valence electrons. The highest BCUT2D eigenvalue weighted by Crippen LogP contribution is 2.60. The molecule has 0 aromatic heterocycles. The number of unbranched alkanes of at least 4 members (excludes halogenated alkanes) is 6. The molecule has 0 unspecified atom stereocenters. The SMILES string of the molecule is [C-]#[N+]/C(C#N)=C1/Sc2c(OC(=O)C3CCC(C4CCC(C(=O)OCCCCCCOC(=O)C=C)CC4)CC3)cc(C)c(OC(=O)C3CCC(C4CCC(C(=O)OCCCCCCOC(=O)C=C)CC4)CC3)c2S1. The van der Waals surface area contributed by atoms with E-state index in [1.165, 1.54) is 23.5 Å². The maximum Gasteiger partial charge on any atom is 0.330 e. The lowest BCUT2D eigenvalue weighted by atomic mass is 9.69. The van der Waals surface area contributed by atoms with Gasteiger partial charge in [-0.15, -0.1) is 0 Å². The van der Waals surface area contributed by atoms with Crippen LogP contribution < -0.4 is 9.47 Å². The number of carbonyl (C=O) groups excluding carboxylic acids is 6. The smallest absolute Gasteiger partial charge is 0.330 e. The molecule has 0 bridgehead atoms. The van der Waals surface area contributed by atoms with Gasteiger partial charge < -0.3 is 28.4 Å². The first-order valence-corrected chi connectivity index (χ1v) is 28.5. The summed E-state index contributed by atoms with van der Waals surface area (Å²) in [5.41, 5.74) is 0.553. The van der Waals surface area contributed by atoms with Gasteiger partial charge in [-0.3, -0.25) is 19.2 Å². The molecule has 1 heterocycles. The van der Waals surface area contributed by atoms with E-state index in [-0.39, 0.29) is 53.2 Å². The van der Waals surface area contributed by atoms with Crippen LogP contribution in [0.5, 0.6) is 11.5 Å². The topological polar surface area (TPSA) is 186 Å². The third-order valence-corrected chi connectivity index (χ3v) is 18.3. The first-order valence-electron chi connectivity index (χ1n) is 26.8. The van der Waals surface area contributed by atoms with Crippen molar-refractivity contribution in [3.05, 3.63) is 58.3 Å². The number of nitriles is 1. The van der Waals surface area contributed by atoms with Crippen molar-refractivity contribution in [2.24, 2.45) is 47.3 Å². The fraction of sp³-hybridized carbons (Fsp3) is 0.649. The summed E-state index contributed by atoms with van der Waals surface area (Å²) in [5, 5.41) is 9.78. The van der Waals surface area contributed by atoms with Gasteiger partial charge >= 0.3 is 35.8 Å². The Kier molecular flexibility index (Phi) is 23.3. The van der Waals surface area contributed by atoms with Crippen molar-refractivity contribution >= 4 is 59.3 Å². The second kappa shape index (κ2) is 29.7. The van der Waals surface area contributed by atoms with Gasteiger partial charge in [-0.25, -0.2) is 19.7 Å². The van der Waals surface area contributed by atoms with E-state index < -0.39 is 11.9 Å². The van der Waals surface area contributed by atoms with Gasteiger partial charge in [0.2, 0.25) is 0 Å². The van der Waals surface area contributed by atoms with Crippen molar-refractivity contribution in [1.29, 1.82) is 5.26 Å². The van der Waals surface area contributed by atoms with Crippen molar-refractivity contribution in [3.63, 3.8) is 0 Å². The predicted molar refractivity (Wildman–Crippen MR) is 276 cm³/mol. The van der Waals surface area contributed by atoms with Crippen molar-refractivity contribution in [1.82, 2.24) is 0 Å². The molecule has 73 heavy (non-hydrogen) atoms. The minimum atomic E-state index is -0.413. The minimum Gasteiger partial charge on any atom is -0.465 e. The molecule has 0 N–H and O–H groups in total. The van der Waals surface area contributed by atoms with E-state index in [1.807, 2.05) is 13.0 Å². The fourth-order valence-electron chi connectivity index (χ4n) is 11.4. The Morgan fingerprint density at radius 2 is 0.918 bits per heavy atom. The van der Waals surface area contributed by atoms with Crippen molar-refractivity contribution < 1.29 is 57.2 Å². The number of hydrogen-bond donors (Lipinski definition) is 0. The van der Waals surface area contributed by atoms with E-state index in [2.05, 4.69) is 18.0 Å². The van der Waals surface area contributed by atoms with E-state index in [1.54, 1.807) is 6.07 Å². The first-order chi connectivity index (χ1) is 35.4. The molecule has 0 amide bonds. The molecule has 5 aliphatic rings. The molecule has 6 rings (SSSR count). The summed E-state index contributed by atoms with van der Waals surface area (Å²) in [6, 6.07) is 3.72. The number of allylic oxidation sites excluding steroid dienone is 1. The Labute approximate surface area is 440 Å². The number of esters is 6. The zero-order valence-corrected chi connectivity index (χ0v) is 44.3. The maximum absolute atomic E-state index is 13.9. The van der Waals surface area contributed by atoms with E-state index >= 15 is 0 Å². The van der Waals surface area contributed by atoms with Crippen LogP contribution in [0.4, 0.5) is 0 Å². The van der Waals surface area contributed by atoms with Crippen LogP contribution in [-0.2, 0) is 47.7 Å². The van der Waals surface area contributed by atoms with E-state index in [0.29, 0.717) is 107 Å². The number of aryl methyl sites for hydroxylation is 1. The zero-order chi connectivity index (χ0) is 52.1. The Hall–Kier alpha value is -5.06. The Balaban J connectivity index is 0.922. The molecule has 0 spiro atoms. The second-order valence-corrected chi connectivity index (χ2v) is 22.7. The predicted octanol–water partition coefficient (Wildman–Crippen LogP) is 12.5. The van der Waals surface area contributed by atoms with Crippen LogP contribution in [-0.4, -0.2) is 62.2 Å². The van der Waals surface area contributed by atoms with Gasteiger partial charge in [-0.05, 0) is 196 Å². The molecular formula is C57H74N2O12S2. The third-order valence-electron chi connectivity index (χ3n) is 15.7. The summed E-state index contributed by atoms with van der Waals surface area (Å²) in [4.78, 5) is 80.2. The van der Waals surface area contributed by atoms with Gasteiger partial charge in [0.05, 0.1) is 76.8 Å². The minimum absolute atomic E-state index is 0.0705. The number of nitrogens with zero attached hydrogens (tertiary/aromatic N) is 2. The van der Waals surface area contributed by atoms with Gasteiger partial charge in [-0.1, -0.05) is 36.7 Å². The van der Waals surface area contributed by atoms with Gasteiger partial charge in [-0.2, -0.15) is 0 Å². The molecule has 16 heteroatoms. The van der Waals surface area contributed by atoms with E-state index in [4.69, 9.17) is 35.0 Å². The molecule has 14 nitrogen and oxygen atoms in total. The number of carbonyl (C=O) groups is 6. The number of thioether (sulfide) groups is 2. The molecule has 0 atom stereocenters. The number of hydrogen-bond acceptors (Lipinski definition) is 15. The monoisotopic (exact) mass is 1040 g/mol. The average Bonchev–Trinajstić information content (AvgIpc) is 3.86. The maximum atomic E-state index is 13.9. The van der Waals surface area contributed by atoms with E-state index in [9.17, 15) is 34.0 Å². The highest BCUT2D eigenvalue weighted by Gasteiger charge is 2.39. The Morgan fingerprint density at radius 3 is 1.29 bits per heavy atom. The molecule has 4 saturated carbocycles. The quantitative estimate of drug-likeness (QED) is 0.0181. The highest BCUT2D eigenvalue weighted by atomic mass is 32.2. The summed E-state index contributed by atoms with van der Waals surface area (Å²) in [5.74, 6) is 0.365. The molecule has 1 aliphatic heterocycles. The molecule has 0 radical (unpaired) electrons. The fourth-order valence-corrected chi connectivity index (χ4v) is 13.9. The lowest BCUT2D eigenvalue weighted by molar-refractivity contribution is -0.151. The summed E-state index contributed by atoms with van der Waals surface area (Å²) in [6.45, 7) is 17.8. The summed E-state index contributed by atoms with van der Waals surface area (Å²) in [7, 11) is 0. The highest BCUT2D eigenvalue weighted by molar-refractivity contribution is 8.24. The van der Waals surface area contributed by atoms with Gasteiger partial charge in [0.1, 0.15) is 11.5 Å². The largest absolute Gasteiger partial charge is 0.465 e. The van der Waals surface area contributed by atoms with Crippen molar-refractivity contribution in [3.8, 4) is 17.6 Å². The van der Waals surface area contributed by atoms with Gasteiger partial charge in [0, 0.05) is 12.2 Å². The van der Waals surface area contributed by atoms with Crippen LogP contribution in [0.3, 0.4) is 0 Å². The average molecular weight is 1040 g/mol. The first kappa shape index (κ1) is 57.2. The van der Waals surface area contributed by atoms with Crippen molar-refractivity contribution in [2.75, 3.05) is 26.4 Å². The van der Waals surface area contributed by atoms with Crippen LogP contribution in [0, 0.1) is 72.2 Å². The Bertz CT molecular complexity index is 2220. The van der Waals surface area contributed by atoms with Gasteiger partial charge in [0.25, 0.3) is 5.70 Å². The van der Waals surface area contributed by atoms with Crippen LogP contribution in [0.25, 0.3) is 4.85 Å². The summed E-state index contributed by atoms with van der Waals surface area (Å²) in [6.07, 6.45) is 22.6. The summed E-state index contributed by atoms with van der Waals surface area (Å²) < 4.78 is 34.1. The lowest BCUT2D eigenvalue weighted by Crippen LogP contribution is -2.32. The van der Waals surface area contributed by atoms with Crippen LogP contribution in [0.1, 0.15) is 160 Å². The van der Waals surface area contributed by atoms with Crippen LogP contribution >= 0.6 is 23.5 Å². The number of benzene rings is 1. The molecule has 0 saturated heterocycles. The number of rotatable bonds is 24. The molecular weight excluding hydrogens is 969 g/mol. The standard InChI is InChI=1S/C57H74N2O12S2/c1-5-48(60)66-31-11-7-9-13-33-68-53(62)42-23-15-38(16-24-42)40-19-27-44(28-20-40)55(64)70-47-35-37(3)50(52-51(47)72-57(73-52)46(36-58)59-4)71-56(65)45-29-21-41(22-30-45)39-17-25-43(26-18-39)54(63)69-34-14-10-8-12-32-67-49(61)6-2/h5-6,35,38-45H,1-2,7-34H2,3H3/b57-46-. The molecule has 4 fully saturated rings. The third kappa shape index (κ3) is 17.0. The number of fused-ring (bicyclic) bond motifs is 1. The normalized spacial score (nSPS) is 25.3. The van der Waals surface area contributed by atoms with Gasteiger partial charge in [0.15, 0.2) is 0 Å². The second-order valence-electron chi connectivity index (χ2n) is 20.4. The molecule has 1 aromatic rings. The molecule has 4 aliphatic carbocycles. The molecule has 1 aromatic carbocycles. The van der Waals surface area contributed by atoms with E-state index in [0.717, 1.165) is 141 Å². The number of ether oxygens (including phenoxy) is 6. The van der Waals surface area contributed by atoms with Crippen LogP contribution in [0.15, 0.2) is 51.1 Å². The zero-order valence-electron chi connectivity index (χ0n) is 42.7. The Morgan fingerprint density at radius 1 is 0.562 bits per heavy atom. The van der Waals surface area contributed by atoms with Crippen LogP contribution in [0.2, 0.25) is 0 Å². The van der Waals surface area contributed by atoms with Crippen molar-refractivity contribution in [2.45, 2.75) is 171 Å².